The summed E-state index contributed by atoms with van der Waals surface area (Å²) in [6.07, 6.45) is 2.16. The molecule has 0 unspecified atom stereocenters. The van der Waals surface area contributed by atoms with E-state index in [4.69, 9.17) is 0 Å². The number of rotatable bonds is 2. The van der Waals surface area contributed by atoms with Crippen LogP contribution in [0.1, 0.15) is 24.3 Å². The molecule has 16 heavy (non-hydrogen) atoms. The fourth-order valence-corrected chi connectivity index (χ4v) is 2.24. The van der Waals surface area contributed by atoms with Gasteiger partial charge in [-0.15, -0.1) is 0 Å². The first-order valence-electron chi connectivity index (χ1n) is 5.43. The van der Waals surface area contributed by atoms with Crippen LogP contribution in [0, 0.1) is 10.1 Å². The number of hydrogen-bond donors (Lipinski definition) is 0. The normalized spacial score (nSPS) is 15.2. The summed E-state index contributed by atoms with van der Waals surface area (Å²) in [5.41, 5.74) is 1.21. The summed E-state index contributed by atoms with van der Waals surface area (Å²) in [6, 6.07) is 11.4. The molecule has 0 heterocycles. The van der Waals surface area contributed by atoms with Crippen LogP contribution in [0.5, 0.6) is 0 Å². The van der Waals surface area contributed by atoms with Crippen molar-refractivity contribution >= 4 is 16.5 Å². The Bertz CT molecular complexity index is 573. The molecule has 1 aliphatic rings. The molecule has 0 saturated heterocycles. The summed E-state index contributed by atoms with van der Waals surface area (Å²) in [6.45, 7) is 0. The Labute approximate surface area is 92.9 Å². The Morgan fingerprint density at radius 3 is 2.56 bits per heavy atom. The van der Waals surface area contributed by atoms with Crippen molar-refractivity contribution in [3.8, 4) is 0 Å². The minimum absolute atomic E-state index is 0.264. The van der Waals surface area contributed by atoms with Crippen molar-refractivity contribution in [2.75, 3.05) is 0 Å². The lowest BCUT2D eigenvalue weighted by atomic mass is 9.99. The summed E-state index contributed by atoms with van der Waals surface area (Å²) in [4.78, 5) is 10.7. The number of fused-ring (bicyclic) bond motifs is 1. The molecule has 3 rings (SSSR count). The van der Waals surface area contributed by atoms with Gasteiger partial charge < -0.3 is 0 Å². The second-order valence-electron chi connectivity index (χ2n) is 4.25. The molecular formula is C13H11NO2. The van der Waals surface area contributed by atoms with E-state index in [1.165, 1.54) is 0 Å². The van der Waals surface area contributed by atoms with Crippen molar-refractivity contribution in [2.45, 2.75) is 18.8 Å². The Kier molecular flexibility index (Phi) is 1.93. The van der Waals surface area contributed by atoms with Gasteiger partial charge >= 0.3 is 0 Å². The van der Waals surface area contributed by atoms with E-state index >= 15 is 0 Å². The molecule has 0 spiro atoms. The van der Waals surface area contributed by atoms with Gasteiger partial charge in [0.15, 0.2) is 0 Å². The second kappa shape index (κ2) is 3.30. The van der Waals surface area contributed by atoms with Crippen LogP contribution in [-0.4, -0.2) is 4.92 Å². The number of nitrogens with zero attached hydrogens (tertiary/aromatic N) is 1. The Morgan fingerprint density at radius 2 is 1.88 bits per heavy atom. The van der Waals surface area contributed by atoms with Crippen LogP contribution >= 0.6 is 0 Å². The monoisotopic (exact) mass is 213 g/mol. The average molecular weight is 213 g/mol. The topological polar surface area (TPSA) is 43.1 Å². The molecule has 80 valence electrons. The van der Waals surface area contributed by atoms with Crippen LogP contribution in [0.4, 0.5) is 5.69 Å². The smallest absolute Gasteiger partial charge is 0.258 e. The maximum absolute atomic E-state index is 11.0. The zero-order valence-corrected chi connectivity index (χ0v) is 8.72. The van der Waals surface area contributed by atoms with Crippen LogP contribution in [-0.2, 0) is 0 Å². The highest BCUT2D eigenvalue weighted by atomic mass is 16.6. The molecule has 0 N–H and O–H groups in total. The molecule has 1 fully saturated rings. The highest BCUT2D eigenvalue weighted by Gasteiger charge is 2.32. The van der Waals surface area contributed by atoms with E-state index in [9.17, 15) is 10.1 Å². The van der Waals surface area contributed by atoms with Crippen molar-refractivity contribution in [1.29, 1.82) is 0 Å². The predicted molar refractivity (Wildman–Crippen MR) is 62.6 cm³/mol. The third-order valence-corrected chi connectivity index (χ3v) is 3.13. The van der Waals surface area contributed by atoms with Gasteiger partial charge in [0.05, 0.1) is 4.92 Å². The molecule has 1 aliphatic carbocycles. The summed E-state index contributed by atoms with van der Waals surface area (Å²) in [5, 5.41) is 13.1. The summed E-state index contributed by atoms with van der Waals surface area (Å²) < 4.78 is 0. The van der Waals surface area contributed by atoms with Crippen LogP contribution < -0.4 is 0 Å². The van der Waals surface area contributed by atoms with Crippen molar-refractivity contribution in [2.24, 2.45) is 0 Å². The minimum Gasteiger partial charge on any atom is -0.258 e. The Morgan fingerprint density at radius 1 is 1.12 bits per heavy atom. The van der Waals surface area contributed by atoms with E-state index in [2.05, 4.69) is 0 Å². The van der Waals surface area contributed by atoms with Gasteiger partial charge in [0.1, 0.15) is 0 Å². The van der Waals surface area contributed by atoms with Crippen LogP contribution in [0.15, 0.2) is 36.4 Å². The van der Waals surface area contributed by atoms with Crippen LogP contribution in [0.2, 0.25) is 0 Å². The lowest BCUT2D eigenvalue weighted by Gasteiger charge is -2.05. The molecule has 1 saturated carbocycles. The molecule has 2 aromatic rings. The van der Waals surface area contributed by atoms with Gasteiger partial charge in [-0.05, 0) is 35.6 Å². The zero-order chi connectivity index (χ0) is 11.1. The van der Waals surface area contributed by atoms with E-state index in [0.717, 1.165) is 29.2 Å². The van der Waals surface area contributed by atoms with Gasteiger partial charge in [0.25, 0.3) is 5.69 Å². The molecule has 3 nitrogen and oxygen atoms in total. The molecule has 0 atom stereocenters. The third kappa shape index (κ3) is 1.36. The number of nitro groups is 1. The van der Waals surface area contributed by atoms with Gasteiger partial charge in [-0.1, -0.05) is 24.3 Å². The van der Waals surface area contributed by atoms with E-state index in [0.29, 0.717) is 5.92 Å². The summed E-state index contributed by atoms with van der Waals surface area (Å²) >= 11 is 0. The first-order chi connectivity index (χ1) is 7.77. The molecule has 0 radical (unpaired) electrons. The Balaban J connectivity index is 2.35. The molecule has 3 heteroatoms. The maximum atomic E-state index is 11.0. The highest BCUT2D eigenvalue weighted by molar-refractivity contribution is 5.89. The van der Waals surface area contributed by atoms with Gasteiger partial charge in [0.2, 0.25) is 0 Å². The van der Waals surface area contributed by atoms with Gasteiger partial charge in [-0.25, -0.2) is 0 Å². The summed E-state index contributed by atoms with van der Waals surface area (Å²) in [5.74, 6) is 0.395. The Hall–Kier alpha value is -1.90. The SMILES string of the molecule is O=[N+]([O-])c1ccc2ccccc2c1C1CC1. The maximum Gasteiger partial charge on any atom is 0.273 e. The quantitative estimate of drug-likeness (QED) is 0.564. The van der Waals surface area contributed by atoms with E-state index < -0.39 is 0 Å². The number of hydrogen-bond acceptors (Lipinski definition) is 2. The average Bonchev–Trinajstić information content (AvgIpc) is 3.11. The van der Waals surface area contributed by atoms with Gasteiger partial charge in [-0.3, -0.25) is 10.1 Å². The minimum atomic E-state index is -0.264. The van der Waals surface area contributed by atoms with E-state index in [1.807, 2.05) is 30.3 Å². The number of nitro benzene ring substituents is 1. The molecule has 2 aromatic carbocycles. The lowest BCUT2D eigenvalue weighted by molar-refractivity contribution is -0.385. The molecular weight excluding hydrogens is 202 g/mol. The van der Waals surface area contributed by atoms with Crippen LogP contribution in [0.3, 0.4) is 0 Å². The molecule has 0 aliphatic heterocycles. The van der Waals surface area contributed by atoms with Gasteiger partial charge in [-0.2, -0.15) is 0 Å². The largest absolute Gasteiger partial charge is 0.273 e. The van der Waals surface area contributed by atoms with Crippen molar-refractivity contribution in [3.63, 3.8) is 0 Å². The standard InChI is InChI=1S/C13H11NO2/c15-14(16)12-8-7-9-3-1-2-4-11(9)13(12)10-5-6-10/h1-4,7-8,10H,5-6H2. The van der Waals surface area contributed by atoms with E-state index in [-0.39, 0.29) is 10.6 Å². The lowest BCUT2D eigenvalue weighted by Crippen LogP contribution is -1.95. The van der Waals surface area contributed by atoms with Crippen molar-refractivity contribution in [1.82, 2.24) is 0 Å². The van der Waals surface area contributed by atoms with Gasteiger partial charge in [0, 0.05) is 11.6 Å². The number of benzene rings is 2. The predicted octanol–water partition coefficient (Wildman–Crippen LogP) is 3.63. The summed E-state index contributed by atoms with van der Waals surface area (Å²) in [7, 11) is 0. The van der Waals surface area contributed by atoms with Crippen molar-refractivity contribution < 1.29 is 4.92 Å². The second-order valence-corrected chi connectivity index (χ2v) is 4.25. The zero-order valence-electron chi connectivity index (χ0n) is 8.72. The fraction of sp³-hybridized carbons (Fsp3) is 0.231. The first-order valence-corrected chi connectivity index (χ1v) is 5.43. The molecule has 0 aromatic heterocycles. The van der Waals surface area contributed by atoms with E-state index in [1.54, 1.807) is 6.07 Å². The third-order valence-electron chi connectivity index (χ3n) is 3.13. The highest BCUT2D eigenvalue weighted by Crippen LogP contribution is 2.47. The van der Waals surface area contributed by atoms with Crippen molar-refractivity contribution in [3.05, 3.63) is 52.1 Å². The first kappa shape index (κ1) is 9.33. The van der Waals surface area contributed by atoms with Crippen LogP contribution in [0.25, 0.3) is 10.8 Å². The molecule has 0 amide bonds. The molecule has 0 bridgehead atoms. The fourth-order valence-electron chi connectivity index (χ4n) is 2.24.